The normalized spacial score (nSPS) is 16.7. The van der Waals surface area contributed by atoms with Crippen LogP contribution in [0.1, 0.15) is 17.3 Å². The number of benzene rings is 2. The molecule has 0 bridgehead atoms. The maximum Gasteiger partial charge on any atom is 0.294 e. The molecule has 0 spiro atoms. The van der Waals surface area contributed by atoms with Crippen molar-refractivity contribution in [2.24, 2.45) is 0 Å². The predicted molar refractivity (Wildman–Crippen MR) is 94.6 cm³/mol. The first-order chi connectivity index (χ1) is 11.7. The van der Waals surface area contributed by atoms with E-state index in [0.29, 0.717) is 16.9 Å². The van der Waals surface area contributed by atoms with E-state index in [1.165, 1.54) is 36.0 Å². The van der Waals surface area contributed by atoms with Gasteiger partial charge in [0.05, 0.1) is 15.8 Å². The van der Waals surface area contributed by atoms with Crippen molar-refractivity contribution < 1.29 is 22.6 Å². The third-order valence-electron chi connectivity index (χ3n) is 3.58. The molecule has 0 saturated carbocycles. The van der Waals surface area contributed by atoms with Crippen LogP contribution in [-0.4, -0.2) is 30.0 Å². The number of hydrogen-bond acceptors (Lipinski definition) is 5. The molecule has 2 amide bonds. The maximum absolute atomic E-state index is 12.3. The number of hydrogen-bond donors (Lipinski definition) is 3. The highest BCUT2D eigenvalue weighted by Crippen LogP contribution is 2.36. The summed E-state index contributed by atoms with van der Waals surface area (Å²) in [5, 5.41) is 5.20. The minimum Gasteiger partial charge on any atom is -0.324 e. The Hall–Kier alpha value is -2.36. The highest BCUT2D eigenvalue weighted by Gasteiger charge is 2.23. The lowest BCUT2D eigenvalue weighted by molar-refractivity contribution is -0.115. The van der Waals surface area contributed by atoms with Crippen molar-refractivity contribution in [3.63, 3.8) is 0 Å². The molecule has 0 fully saturated rings. The van der Waals surface area contributed by atoms with Gasteiger partial charge in [-0.25, -0.2) is 0 Å². The first kappa shape index (κ1) is 17.5. The van der Waals surface area contributed by atoms with Gasteiger partial charge in [0.2, 0.25) is 5.91 Å². The molecule has 130 valence electrons. The average molecular weight is 378 g/mol. The number of fused-ring (bicyclic) bond motifs is 1. The van der Waals surface area contributed by atoms with Crippen molar-refractivity contribution in [3.05, 3.63) is 48.0 Å². The van der Waals surface area contributed by atoms with Gasteiger partial charge in [-0.1, -0.05) is 0 Å². The number of thioether (sulfide) groups is 1. The van der Waals surface area contributed by atoms with Crippen molar-refractivity contribution >= 4 is 45.1 Å². The molecule has 1 unspecified atom stereocenters. The number of nitrogens with one attached hydrogen (secondary N) is 2. The summed E-state index contributed by atoms with van der Waals surface area (Å²) in [7, 11) is -4.28. The predicted octanol–water partition coefficient (Wildman–Crippen LogP) is 2.62. The van der Waals surface area contributed by atoms with Crippen molar-refractivity contribution in [3.8, 4) is 0 Å². The molecule has 9 heteroatoms. The molecule has 3 rings (SSSR count). The second kappa shape index (κ2) is 6.51. The van der Waals surface area contributed by atoms with Gasteiger partial charge in [-0.05, 0) is 49.4 Å². The fourth-order valence-electron chi connectivity index (χ4n) is 2.26. The van der Waals surface area contributed by atoms with Crippen LogP contribution in [0.2, 0.25) is 0 Å². The van der Waals surface area contributed by atoms with E-state index in [1.54, 1.807) is 25.1 Å². The molecule has 0 saturated heterocycles. The molecule has 7 nitrogen and oxygen atoms in total. The highest BCUT2D eigenvalue weighted by atomic mass is 32.2. The van der Waals surface area contributed by atoms with Crippen LogP contribution in [0, 0.1) is 0 Å². The summed E-state index contributed by atoms with van der Waals surface area (Å²) in [5.74, 6) is -0.517. The van der Waals surface area contributed by atoms with Crippen molar-refractivity contribution in [2.45, 2.75) is 22.0 Å². The highest BCUT2D eigenvalue weighted by molar-refractivity contribution is 8.01. The minimum atomic E-state index is -4.28. The molecule has 0 radical (unpaired) electrons. The Labute approximate surface area is 148 Å². The second-order valence-electron chi connectivity index (χ2n) is 5.41. The van der Waals surface area contributed by atoms with Crippen LogP contribution in [0.5, 0.6) is 0 Å². The molecule has 0 aromatic heterocycles. The van der Waals surface area contributed by atoms with Crippen LogP contribution in [0.4, 0.5) is 11.4 Å². The summed E-state index contributed by atoms with van der Waals surface area (Å²) in [6.45, 7) is 1.81. The van der Waals surface area contributed by atoms with Gasteiger partial charge in [-0.2, -0.15) is 8.42 Å². The maximum atomic E-state index is 12.3. The number of amides is 2. The number of rotatable bonds is 3. The Morgan fingerprint density at radius 2 is 1.88 bits per heavy atom. The van der Waals surface area contributed by atoms with Crippen molar-refractivity contribution in [1.29, 1.82) is 0 Å². The molecular weight excluding hydrogens is 364 g/mol. The first-order valence-corrected chi connectivity index (χ1v) is 9.56. The Kier molecular flexibility index (Phi) is 4.55. The standard InChI is InChI=1S/C16H14N2O5S2/c1-9-15(19)18-13-8-10(2-7-14(13)24-9)16(20)17-11-3-5-12(6-4-11)25(21,22)23/h2-9H,1H3,(H,17,20)(H,18,19)(H,21,22,23). The zero-order chi connectivity index (χ0) is 18.2. The molecule has 2 aromatic rings. The Bertz CT molecular complexity index is 955. The van der Waals surface area contributed by atoms with Crippen LogP contribution in [0.25, 0.3) is 0 Å². The Balaban J connectivity index is 1.78. The lowest BCUT2D eigenvalue weighted by Crippen LogP contribution is -2.26. The van der Waals surface area contributed by atoms with E-state index >= 15 is 0 Å². The fraction of sp³-hybridized carbons (Fsp3) is 0.125. The smallest absolute Gasteiger partial charge is 0.294 e. The zero-order valence-corrected chi connectivity index (χ0v) is 14.6. The molecule has 0 aliphatic carbocycles. The monoisotopic (exact) mass is 378 g/mol. The SMILES string of the molecule is CC1Sc2ccc(C(=O)Nc3ccc(S(=O)(=O)O)cc3)cc2NC1=O. The summed E-state index contributed by atoms with van der Waals surface area (Å²) in [6.07, 6.45) is 0. The summed E-state index contributed by atoms with van der Waals surface area (Å²) in [5.41, 5.74) is 1.32. The third-order valence-corrected chi connectivity index (χ3v) is 5.63. The van der Waals surface area contributed by atoms with E-state index in [-0.39, 0.29) is 16.1 Å². The summed E-state index contributed by atoms with van der Waals surface area (Å²) in [6, 6.07) is 10.1. The second-order valence-corrected chi connectivity index (χ2v) is 8.22. The van der Waals surface area contributed by atoms with Gasteiger partial charge in [0, 0.05) is 16.1 Å². The lowest BCUT2D eigenvalue weighted by atomic mass is 10.1. The van der Waals surface area contributed by atoms with E-state index in [2.05, 4.69) is 10.6 Å². The van der Waals surface area contributed by atoms with Crippen molar-refractivity contribution in [2.75, 3.05) is 10.6 Å². The number of carbonyl (C=O) groups is 2. The number of anilines is 2. The number of carbonyl (C=O) groups excluding carboxylic acids is 2. The molecule has 2 aromatic carbocycles. The molecule has 1 heterocycles. The van der Waals surface area contributed by atoms with Crippen LogP contribution >= 0.6 is 11.8 Å². The molecule has 1 aliphatic heterocycles. The summed E-state index contributed by atoms with van der Waals surface area (Å²) < 4.78 is 31.0. The molecule has 1 atom stereocenters. The van der Waals surface area contributed by atoms with Gasteiger partial charge >= 0.3 is 0 Å². The molecule has 1 aliphatic rings. The Morgan fingerprint density at radius 3 is 2.52 bits per heavy atom. The van der Waals surface area contributed by atoms with Crippen molar-refractivity contribution in [1.82, 2.24) is 0 Å². The van der Waals surface area contributed by atoms with Gasteiger partial charge in [-0.15, -0.1) is 11.8 Å². The quantitative estimate of drug-likeness (QED) is 0.708. The van der Waals surface area contributed by atoms with E-state index in [9.17, 15) is 18.0 Å². The molecule has 3 N–H and O–H groups in total. The first-order valence-electron chi connectivity index (χ1n) is 7.24. The third kappa shape index (κ3) is 3.84. The van der Waals surface area contributed by atoms with E-state index < -0.39 is 16.0 Å². The van der Waals surface area contributed by atoms with Crippen LogP contribution in [0.15, 0.2) is 52.3 Å². The van der Waals surface area contributed by atoms with E-state index in [0.717, 1.165) is 4.90 Å². The molecular formula is C16H14N2O5S2. The van der Waals surface area contributed by atoms with Crippen LogP contribution in [-0.2, 0) is 14.9 Å². The van der Waals surface area contributed by atoms with Crippen LogP contribution < -0.4 is 10.6 Å². The average Bonchev–Trinajstić information content (AvgIpc) is 2.55. The largest absolute Gasteiger partial charge is 0.324 e. The van der Waals surface area contributed by atoms with Gasteiger partial charge in [0.15, 0.2) is 0 Å². The lowest BCUT2D eigenvalue weighted by Gasteiger charge is -2.21. The fourth-order valence-corrected chi connectivity index (χ4v) is 3.67. The van der Waals surface area contributed by atoms with Gasteiger partial charge in [0.1, 0.15) is 0 Å². The minimum absolute atomic E-state index is 0.115. The van der Waals surface area contributed by atoms with E-state index in [1.807, 2.05) is 0 Å². The summed E-state index contributed by atoms with van der Waals surface area (Å²) in [4.78, 5) is 24.7. The van der Waals surface area contributed by atoms with Gasteiger partial charge in [0.25, 0.3) is 16.0 Å². The molecule has 25 heavy (non-hydrogen) atoms. The van der Waals surface area contributed by atoms with Crippen LogP contribution in [0.3, 0.4) is 0 Å². The summed E-state index contributed by atoms with van der Waals surface area (Å²) >= 11 is 1.42. The Morgan fingerprint density at radius 1 is 1.20 bits per heavy atom. The van der Waals surface area contributed by atoms with E-state index in [4.69, 9.17) is 4.55 Å². The topological polar surface area (TPSA) is 113 Å². The van der Waals surface area contributed by atoms with Gasteiger partial charge < -0.3 is 10.6 Å². The zero-order valence-electron chi connectivity index (χ0n) is 13.0. The van der Waals surface area contributed by atoms with Gasteiger partial charge in [-0.3, -0.25) is 14.1 Å².